The number of rotatable bonds is 1. The van der Waals surface area contributed by atoms with E-state index in [1.54, 1.807) is 0 Å². The Hall–Kier alpha value is -1.47. The van der Waals surface area contributed by atoms with Gasteiger partial charge in [0.1, 0.15) is 17.0 Å². The van der Waals surface area contributed by atoms with E-state index in [1.807, 2.05) is 24.3 Å². The first kappa shape index (κ1) is 14.1. The SMILES string of the molecule is FC(F)(Br)n1cc2c(n1)-c1ccccc1OC21CCNCC1. The second kappa shape index (κ2) is 4.76. The Morgan fingerprint density at radius 3 is 2.73 bits per heavy atom. The average Bonchev–Trinajstić information content (AvgIpc) is 2.95. The zero-order valence-electron chi connectivity index (χ0n) is 11.7. The van der Waals surface area contributed by atoms with Crippen LogP contribution in [0.25, 0.3) is 11.3 Å². The summed E-state index contributed by atoms with van der Waals surface area (Å²) in [5, 5.41) is 7.42. The van der Waals surface area contributed by atoms with Crippen molar-refractivity contribution in [3.8, 4) is 17.0 Å². The first-order valence-corrected chi connectivity index (χ1v) is 7.95. The number of hydrogen-bond donors (Lipinski definition) is 1. The molecule has 0 saturated carbocycles. The van der Waals surface area contributed by atoms with Crippen LogP contribution in [0.15, 0.2) is 30.5 Å². The van der Waals surface area contributed by atoms with Crippen LogP contribution in [-0.4, -0.2) is 22.9 Å². The summed E-state index contributed by atoms with van der Waals surface area (Å²) in [5.74, 6) is 0.708. The van der Waals surface area contributed by atoms with E-state index < -0.39 is 10.6 Å². The Morgan fingerprint density at radius 1 is 1.27 bits per heavy atom. The molecule has 1 N–H and O–H groups in total. The van der Waals surface area contributed by atoms with Crippen LogP contribution in [0.4, 0.5) is 8.78 Å². The zero-order chi connectivity index (χ0) is 15.4. The van der Waals surface area contributed by atoms with Crippen molar-refractivity contribution in [3.63, 3.8) is 0 Å². The van der Waals surface area contributed by atoms with Crippen LogP contribution >= 0.6 is 15.9 Å². The third kappa shape index (κ3) is 2.06. The molecule has 4 nitrogen and oxygen atoms in total. The number of piperidine rings is 1. The van der Waals surface area contributed by atoms with Gasteiger partial charge < -0.3 is 10.1 Å². The molecule has 1 saturated heterocycles. The second-order valence-corrected chi connectivity index (χ2v) is 6.60. The molecule has 116 valence electrons. The van der Waals surface area contributed by atoms with E-state index in [2.05, 4.69) is 26.3 Å². The van der Waals surface area contributed by atoms with Crippen LogP contribution in [-0.2, 0) is 10.6 Å². The lowest BCUT2D eigenvalue weighted by Gasteiger charge is -2.41. The highest BCUT2D eigenvalue weighted by Gasteiger charge is 2.45. The maximum atomic E-state index is 13.6. The zero-order valence-corrected chi connectivity index (χ0v) is 13.2. The maximum absolute atomic E-state index is 13.6. The van der Waals surface area contributed by atoms with Gasteiger partial charge in [-0.15, -0.1) is 0 Å². The quantitative estimate of drug-likeness (QED) is 0.782. The minimum absolute atomic E-state index is 0.578. The van der Waals surface area contributed by atoms with Crippen molar-refractivity contribution < 1.29 is 13.5 Å². The van der Waals surface area contributed by atoms with Crippen LogP contribution in [0.2, 0.25) is 0 Å². The lowest BCUT2D eigenvalue weighted by atomic mass is 9.81. The molecule has 1 aromatic heterocycles. The predicted molar refractivity (Wildman–Crippen MR) is 81.2 cm³/mol. The van der Waals surface area contributed by atoms with Gasteiger partial charge in [0.25, 0.3) is 0 Å². The molecule has 4 rings (SSSR count). The number of halogens is 3. The molecular weight excluding hydrogens is 356 g/mol. The number of aromatic nitrogens is 2. The third-order valence-corrected chi connectivity index (χ3v) is 4.69. The Kier molecular flexibility index (Phi) is 3.06. The van der Waals surface area contributed by atoms with Crippen LogP contribution in [0.5, 0.6) is 5.75 Å². The second-order valence-electron chi connectivity index (χ2n) is 5.65. The molecule has 2 aliphatic rings. The van der Waals surface area contributed by atoms with Crippen LogP contribution in [0.3, 0.4) is 0 Å². The molecule has 0 unspecified atom stereocenters. The van der Waals surface area contributed by atoms with Crippen LogP contribution in [0.1, 0.15) is 18.4 Å². The number of hydrogen-bond acceptors (Lipinski definition) is 3. The summed E-state index contributed by atoms with van der Waals surface area (Å²) in [7, 11) is 0. The lowest BCUT2D eigenvalue weighted by Crippen LogP contribution is -2.45. The number of benzene rings is 1. The fraction of sp³-hybridized carbons (Fsp3) is 0.400. The molecule has 0 aliphatic carbocycles. The monoisotopic (exact) mass is 369 g/mol. The minimum Gasteiger partial charge on any atom is -0.482 e. The number of fused-ring (bicyclic) bond motifs is 4. The Labute approximate surface area is 134 Å². The average molecular weight is 370 g/mol. The molecule has 0 atom stereocenters. The number of nitrogens with zero attached hydrogens (tertiary/aromatic N) is 2. The number of ether oxygens (including phenoxy) is 1. The highest BCUT2D eigenvalue weighted by Crippen LogP contribution is 2.49. The molecule has 7 heteroatoms. The molecule has 1 spiro atoms. The van der Waals surface area contributed by atoms with Crippen molar-refractivity contribution in [1.29, 1.82) is 0 Å². The van der Waals surface area contributed by atoms with Gasteiger partial charge in [-0.05, 0) is 25.2 Å². The largest absolute Gasteiger partial charge is 0.482 e. The van der Waals surface area contributed by atoms with E-state index in [9.17, 15) is 8.78 Å². The first-order valence-electron chi connectivity index (χ1n) is 7.16. The number of para-hydroxylation sites is 1. The summed E-state index contributed by atoms with van der Waals surface area (Å²) in [4.78, 5) is -3.21. The molecule has 22 heavy (non-hydrogen) atoms. The van der Waals surface area contributed by atoms with Gasteiger partial charge in [-0.1, -0.05) is 12.1 Å². The minimum atomic E-state index is -3.21. The smallest absolute Gasteiger partial charge is 0.401 e. The molecule has 1 fully saturated rings. The highest BCUT2D eigenvalue weighted by atomic mass is 79.9. The Bertz CT molecular complexity index is 720. The molecule has 0 bridgehead atoms. The van der Waals surface area contributed by atoms with Crippen molar-refractivity contribution in [2.24, 2.45) is 0 Å². The van der Waals surface area contributed by atoms with Crippen molar-refractivity contribution in [3.05, 3.63) is 36.0 Å². The van der Waals surface area contributed by atoms with E-state index in [0.29, 0.717) is 16.1 Å². The van der Waals surface area contributed by atoms with E-state index in [-0.39, 0.29) is 0 Å². The molecule has 0 amide bonds. The Morgan fingerprint density at radius 2 is 2.00 bits per heavy atom. The van der Waals surface area contributed by atoms with Gasteiger partial charge in [-0.3, -0.25) is 0 Å². The Balaban J connectivity index is 1.93. The van der Waals surface area contributed by atoms with Gasteiger partial charge in [0.15, 0.2) is 0 Å². The first-order chi connectivity index (χ1) is 10.5. The molecule has 0 radical (unpaired) electrons. The van der Waals surface area contributed by atoms with E-state index in [1.165, 1.54) is 6.20 Å². The summed E-state index contributed by atoms with van der Waals surface area (Å²) in [6, 6.07) is 7.46. The van der Waals surface area contributed by atoms with Gasteiger partial charge in [-0.2, -0.15) is 18.6 Å². The third-order valence-electron chi connectivity index (χ3n) is 4.32. The van der Waals surface area contributed by atoms with Crippen molar-refractivity contribution in [1.82, 2.24) is 15.1 Å². The lowest BCUT2D eigenvalue weighted by molar-refractivity contribution is 0.0175. The molecule has 1 aromatic carbocycles. The summed E-state index contributed by atoms with van der Waals surface area (Å²) in [6.07, 6.45) is 2.87. The fourth-order valence-corrected chi connectivity index (χ4v) is 3.44. The van der Waals surface area contributed by atoms with Crippen LogP contribution in [0, 0.1) is 0 Å². The van der Waals surface area contributed by atoms with E-state index in [0.717, 1.165) is 37.1 Å². The molecule has 2 aliphatic heterocycles. The van der Waals surface area contributed by atoms with Crippen molar-refractivity contribution in [2.75, 3.05) is 13.1 Å². The van der Waals surface area contributed by atoms with Crippen molar-refractivity contribution >= 4 is 15.9 Å². The van der Waals surface area contributed by atoms with E-state index in [4.69, 9.17) is 4.74 Å². The van der Waals surface area contributed by atoms with Gasteiger partial charge in [0.05, 0.1) is 0 Å². The summed E-state index contributed by atoms with van der Waals surface area (Å²) in [5.41, 5.74) is 1.51. The van der Waals surface area contributed by atoms with Gasteiger partial charge >= 0.3 is 4.96 Å². The standard InChI is InChI=1S/C15H14BrF2N3O/c16-15(17,18)21-9-11-13(20-21)10-3-1-2-4-12(10)22-14(11)5-7-19-8-6-14/h1-4,9,19H,5-8H2. The number of nitrogens with one attached hydrogen (secondary N) is 1. The van der Waals surface area contributed by atoms with Crippen molar-refractivity contribution in [2.45, 2.75) is 23.4 Å². The summed E-state index contributed by atoms with van der Waals surface area (Å²) >= 11 is 2.38. The fourth-order valence-electron chi connectivity index (χ4n) is 3.25. The summed E-state index contributed by atoms with van der Waals surface area (Å²) < 4.78 is 34.2. The van der Waals surface area contributed by atoms with Gasteiger partial charge in [0, 0.05) is 46.1 Å². The van der Waals surface area contributed by atoms with Gasteiger partial charge in [0.2, 0.25) is 0 Å². The van der Waals surface area contributed by atoms with Gasteiger partial charge in [-0.25, -0.2) is 0 Å². The topological polar surface area (TPSA) is 39.1 Å². The normalized spacial score (nSPS) is 19.4. The van der Waals surface area contributed by atoms with E-state index >= 15 is 0 Å². The maximum Gasteiger partial charge on any atom is 0.401 e. The molecular formula is C15H14BrF2N3O. The summed E-state index contributed by atoms with van der Waals surface area (Å²) in [6.45, 7) is 1.58. The van der Waals surface area contributed by atoms with Crippen LogP contribution < -0.4 is 10.1 Å². The molecule has 2 aromatic rings. The number of alkyl halides is 3. The predicted octanol–water partition coefficient (Wildman–Crippen LogP) is 3.42. The highest BCUT2D eigenvalue weighted by molar-refractivity contribution is 9.09. The molecule has 3 heterocycles.